The lowest BCUT2D eigenvalue weighted by Crippen LogP contribution is -2.41. The van der Waals surface area contributed by atoms with Crippen molar-refractivity contribution in [3.05, 3.63) is 46.0 Å². The molecule has 1 aromatic carbocycles. The molecule has 0 radical (unpaired) electrons. The van der Waals surface area contributed by atoms with Crippen LogP contribution in [0.1, 0.15) is 26.3 Å². The third kappa shape index (κ3) is 3.41. The van der Waals surface area contributed by atoms with E-state index in [1.165, 1.54) is 5.57 Å². The molecule has 1 aromatic rings. The molecule has 0 atom stereocenters. The van der Waals surface area contributed by atoms with Gasteiger partial charge in [0, 0.05) is 36.3 Å². The van der Waals surface area contributed by atoms with Crippen molar-refractivity contribution in [2.75, 3.05) is 13.1 Å². The highest BCUT2D eigenvalue weighted by molar-refractivity contribution is 6.30. The molecule has 1 heterocycles. The molecule has 1 fully saturated rings. The number of rotatable bonds is 4. The van der Waals surface area contributed by atoms with Crippen LogP contribution in [0.3, 0.4) is 0 Å². The fraction of sp³-hybridized carbons (Fsp3) is 0.438. The molecule has 3 nitrogen and oxygen atoms in total. The van der Waals surface area contributed by atoms with Crippen LogP contribution in [0.25, 0.3) is 0 Å². The van der Waals surface area contributed by atoms with E-state index in [9.17, 15) is 4.79 Å². The molecule has 1 aliphatic rings. The lowest BCUT2D eigenvalue weighted by atomic mass is 10.0. The summed E-state index contributed by atoms with van der Waals surface area (Å²) in [6.45, 7) is 8.27. The maximum atomic E-state index is 12.6. The fourth-order valence-corrected chi connectivity index (χ4v) is 2.42. The van der Waals surface area contributed by atoms with Gasteiger partial charge in [-0.2, -0.15) is 0 Å². The van der Waals surface area contributed by atoms with Crippen LogP contribution in [-0.2, 0) is 11.3 Å². The van der Waals surface area contributed by atoms with E-state index < -0.39 is 0 Å². The zero-order chi connectivity index (χ0) is 14.7. The predicted molar refractivity (Wildman–Crippen MR) is 82.7 cm³/mol. The molecule has 2 rings (SSSR count). The van der Waals surface area contributed by atoms with Crippen LogP contribution in [0.2, 0.25) is 5.02 Å². The molecule has 0 aliphatic carbocycles. The first-order chi connectivity index (χ1) is 9.49. The summed E-state index contributed by atoms with van der Waals surface area (Å²) in [6, 6.07) is 7.84. The van der Waals surface area contributed by atoms with Gasteiger partial charge in [0.1, 0.15) is 0 Å². The molecule has 4 heteroatoms. The van der Waals surface area contributed by atoms with E-state index in [4.69, 9.17) is 11.6 Å². The van der Waals surface area contributed by atoms with Crippen molar-refractivity contribution < 1.29 is 4.79 Å². The lowest BCUT2D eigenvalue weighted by Gasteiger charge is -2.30. The number of amides is 1. The molecular formula is C16H21ClN2O. The maximum Gasteiger partial charge on any atom is 0.250 e. The van der Waals surface area contributed by atoms with Crippen LogP contribution in [0.15, 0.2) is 35.4 Å². The Balaban J connectivity index is 2.17. The number of halogens is 1. The van der Waals surface area contributed by atoms with Gasteiger partial charge in [-0.1, -0.05) is 23.7 Å². The quantitative estimate of drug-likeness (QED) is 0.865. The Morgan fingerprint density at radius 1 is 1.40 bits per heavy atom. The topological polar surface area (TPSA) is 32.3 Å². The number of benzene rings is 1. The van der Waals surface area contributed by atoms with Gasteiger partial charge in [0.2, 0.25) is 5.91 Å². The summed E-state index contributed by atoms with van der Waals surface area (Å²) in [5.41, 5.74) is 3.15. The molecule has 0 unspecified atom stereocenters. The van der Waals surface area contributed by atoms with Crippen molar-refractivity contribution in [2.45, 2.75) is 33.4 Å². The summed E-state index contributed by atoms with van der Waals surface area (Å²) >= 11 is 6.01. The van der Waals surface area contributed by atoms with Crippen molar-refractivity contribution in [1.82, 2.24) is 10.2 Å². The van der Waals surface area contributed by atoms with Gasteiger partial charge in [0.05, 0.1) is 0 Å². The van der Waals surface area contributed by atoms with Gasteiger partial charge in [0.15, 0.2) is 0 Å². The summed E-state index contributed by atoms with van der Waals surface area (Å²) in [6.07, 6.45) is 0. The Labute approximate surface area is 125 Å². The van der Waals surface area contributed by atoms with Crippen molar-refractivity contribution >= 4 is 17.5 Å². The van der Waals surface area contributed by atoms with Crippen LogP contribution in [0.4, 0.5) is 0 Å². The second-order valence-corrected chi connectivity index (χ2v) is 5.93. The van der Waals surface area contributed by atoms with Crippen LogP contribution in [0, 0.1) is 0 Å². The van der Waals surface area contributed by atoms with Gasteiger partial charge < -0.3 is 10.2 Å². The second-order valence-electron chi connectivity index (χ2n) is 5.49. The Morgan fingerprint density at radius 2 is 2.10 bits per heavy atom. The molecule has 1 N–H and O–H groups in total. The van der Waals surface area contributed by atoms with Gasteiger partial charge in [-0.15, -0.1) is 0 Å². The van der Waals surface area contributed by atoms with E-state index in [1.807, 2.05) is 49.9 Å². The third-order valence-corrected chi connectivity index (χ3v) is 3.89. The minimum absolute atomic E-state index is 0.122. The van der Waals surface area contributed by atoms with E-state index in [2.05, 4.69) is 5.32 Å². The number of hydrogen-bond donors (Lipinski definition) is 1. The Bertz CT molecular complexity index is 531. The molecule has 1 aliphatic heterocycles. The summed E-state index contributed by atoms with van der Waals surface area (Å²) in [5.74, 6) is 0.122. The average Bonchev–Trinajstić information content (AvgIpc) is 2.32. The number of hydrogen-bond acceptors (Lipinski definition) is 2. The van der Waals surface area contributed by atoms with Crippen molar-refractivity contribution in [3.63, 3.8) is 0 Å². The highest BCUT2D eigenvalue weighted by Gasteiger charge is 2.23. The van der Waals surface area contributed by atoms with Crippen LogP contribution < -0.4 is 5.32 Å². The molecule has 20 heavy (non-hydrogen) atoms. The Morgan fingerprint density at radius 3 is 2.60 bits per heavy atom. The zero-order valence-corrected chi connectivity index (χ0v) is 13.0. The average molecular weight is 293 g/mol. The first-order valence-electron chi connectivity index (χ1n) is 6.93. The smallest absolute Gasteiger partial charge is 0.250 e. The summed E-state index contributed by atoms with van der Waals surface area (Å²) < 4.78 is 0. The first-order valence-corrected chi connectivity index (χ1v) is 7.31. The van der Waals surface area contributed by atoms with Crippen molar-refractivity contribution in [2.24, 2.45) is 0 Å². The largest absolute Gasteiger partial charge is 0.332 e. The molecule has 0 saturated carbocycles. The molecule has 0 aromatic heterocycles. The van der Waals surface area contributed by atoms with Gasteiger partial charge in [-0.05, 0) is 44.0 Å². The normalized spacial score (nSPS) is 14.2. The maximum absolute atomic E-state index is 12.6. The zero-order valence-electron chi connectivity index (χ0n) is 12.2. The lowest BCUT2D eigenvalue weighted by molar-refractivity contribution is -0.129. The highest BCUT2D eigenvalue weighted by Crippen LogP contribution is 2.18. The first kappa shape index (κ1) is 15.1. The standard InChI is InChI=1S/C16H21ClN2O/c1-11(2)19(10-13-5-4-6-15(17)7-13)16(20)12(3)14-8-18-9-14/h4-7,11,18H,8-10H2,1-3H3. The third-order valence-electron chi connectivity index (χ3n) is 3.65. The van der Waals surface area contributed by atoms with Gasteiger partial charge in [-0.3, -0.25) is 4.79 Å². The van der Waals surface area contributed by atoms with Crippen molar-refractivity contribution in [1.29, 1.82) is 0 Å². The monoisotopic (exact) mass is 292 g/mol. The van der Waals surface area contributed by atoms with E-state index in [0.717, 1.165) is 24.2 Å². The number of carbonyl (C=O) groups is 1. The molecule has 1 saturated heterocycles. The summed E-state index contributed by atoms with van der Waals surface area (Å²) in [5, 5.41) is 3.88. The van der Waals surface area contributed by atoms with Crippen LogP contribution >= 0.6 is 11.6 Å². The molecule has 0 spiro atoms. The Kier molecular flexibility index (Phi) is 4.84. The molecule has 108 valence electrons. The minimum Gasteiger partial charge on any atom is -0.332 e. The molecule has 1 amide bonds. The van der Waals surface area contributed by atoms with Gasteiger partial charge in [-0.25, -0.2) is 0 Å². The number of nitrogens with zero attached hydrogens (tertiary/aromatic N) is 1. The number of carbonyl (C=O) groups excluding carboxylic acids is 1. The second kappa shape index (κ2) is 6.42. The van der Waals surface area contributed by atoms with Crippen LogP contribution in [0.5, 0.6) is 0 Å². The van der Waals surface area contributed by atoms with E-state index in [-0.39, 0.29) is 11.9 Å². The van der Waals surface area contributed by atoms with E-state index in [1.54, 1.807) is 0 Å². The molecular weight excluding hydrogens is 272 g/mol. The van der Waals surface area contributed by atoms with E-state index in [0.29, 0.717) is 11.6 Å². The van der Waals surface area contributed by atoms with Crippen LogP contribution in [-0.4, -0.2) is 29.9 Å². The van der Waals surface area contributed by atoms with Crippen molar-refractivity contribution in [3.8, 4) is 0 Å². The van der Waals surface area contributed by atoms with Gasteiger partial charge >= 0.3 is 0 Å². The fourth-order valence-electron chi connectivity index (χ4n) is 2.20. The predicted octanol–water partition coefficient (Wildman–Crippen LogP) is 3.00. The highest BCUT2D eigenvalue weighted by atomic mass is 35.5. The van der Waals surface area contributed by atoms with E-state index >= 15 is 0 Å². The SMILES string of the molecule is CC(C(=O)N(Cc1cccc(Cl)c1)C(C)C)=C1CNC1. The summed E-state index contributed by atoms with van der Waals surface area (Å²) in [4.78, 5) is 14.5. The summed E-state index contributed by atoms with van der Waals surface area (Å²) in [7, 11) is 0. The minimum atomic E-state index is 0.122. The van der Waals surface area contributed by atoms with Gasteiger partial charge in [0.25, 0.3) is 0 Å². The Hall–Kier alpha value is -1.32. The number of nitrogens with one attached hydrogen (secondary N) is 1. The molecule has 0 bridgehead atoms.